The molecule has 0 unspecified atom stereocenters. The summed E-state index contributed by atoms with van der Waals surface area (Å²) in [5, 5.41) is 5.28. The predicted octanol–water partition coefficient (Wildman–Crippen LogP) is 2.84. The highest BCUT2D eigenvalue weighted by Crippen LogP contribution is 2.22. The van der Waals surface area contributed by atoms with Crippen LogP contribution in [0.25, 0.3) is 0 Å². The first kappa shape index (κ1) is 22.2. The molecule has 156 valence electrons. The number of nitrogens with zero attached hydrogens (tertiary/aromatic N) is 1. The van der Waals surface area contributed by atoms with E-state index in [-0.39, 0.29) is 18.6 Å². The summed E-state index contributed by atoms with van der Waals surface area (Å²) in [6.07, 6.45) is 1.04. The number of hydrogen-bond donors (Lipinski definition) is 2. The minimum absolute atomic E-state index is 0.00493. The van der Waals surface area contributed by atoms with Gasteiger partial charge < -0.3 is 15.4 Å². The SMILES string of the molecule is CC(=O)Nc1ccc(NC(=O)CN(c2ccc(OC(C)C)cc2)S(C)(=O)=O)cc1. The molecule has 0 bridgehead atoms. The van der Waals surface area contributed by atoms with Gasteiger partial charge in [-0.2, -0.15) is 0 Å². The zero-order valence-electron chi connectivity index (χ0n) is 16.8. The molecular formula is C20H25N3O5S. The molecule has 0 atom stereocenters. The molecule has 2 aromatic rings. The number of hydrogen-bond acceptors (Lipinski definition) is 5. The lowest BCUT2D eigenvalue weighted by molar-refractivity contribution is -0.115. The van der Waals surface area contributed by atoms with Crippen molar-refractivity contribution in [3.05, 3.63) is 48.5 Å². The number of carbonyl (C=O) groups is 2. The van der Waals surface area contributed by atoms with Crippen LogP contribution in [0.4, 0.5) is 17.1 Å². The van der Waals surface area contributed by atoms with Crippen molar-refractivity contribution >= 4 is 38.9 Å². The Hall–Kier alpha value is -3.07. The molecule has 0 fully saturated rings. The molecule has 0 radical (unpaired) electrons. The lowest BCUT2D eigenvalue weighted by Gasteiger charge is -2.22. The lowest BCUT2D eigenvalue weighted by atomic mass is 10.2. The van der Waals surface area contributed by atoms with Crippen LogP contribution in [-0.2, 0) is 19.6 Å². The number of nitrogens with one attached hydrogen (secondary N) is 2. The number of sulfonamides is 1. The van der Waals surface area contributed by atoms with Gasteiger partial charge in [0.15, 0.2) is 0 Å². The maximum atomic E-state index is 12.4. The molecule has 0 heterocycles. The minimum atomic E-state index is -3.68. The Balaban J connectivity index is 2.10. The van der Waals surface area contributed by atoms with Crippen LogP contribution in [0.2, 0.25) is 0 Å². The van der Waals surface area contributed by atoms with Crippen LogP contribution in [0.15, 0.2) is 48.5 Å². The summed E-state index contributed by atoms with van der Waals surface area (Å²) in [5.41, 5.74) is 1.44. The number of ether oxygens (including phenoxy) is 1. The van der Waals surface area contributed by atoms with Crippen LogP contribution in [-0.4, -0.2) is 39.1 Å². The average Bonchev–Trinajstić information content (AvgIpc) is 2.60. The first-order valence-electron chi connectivity index (χ1n) is 8.96. The van der Waals surface area contributed by atoms with E-state index in [0.29, 0.717) is 22.8 Å². The number of benzene rings is 2. The van der Waals surface area contributed by atoms with Crippen molar-refractivity contribution in [2.24, 2.45) is 0 Å². The third kappa shape index (κ3) is 7.11. The highest BCUT2D eigenvalue weighted by atomic mass is 32.2. The molecule has 0 saturated heterocycles. The Morgan fingerprint density at radius 3 is 1.93 bits per heavy atom. The highest BCUT2D eigenvalue weighted by molar-refractivity contribution is 7.92. The molecule has 9 heteroatoms. The van der Waals surface area contributed by atoms with E-state index in [1.54, 1.807) is 48.5 Å². The van der Waals surface area contributed by atoms with Crippen LogP contribution in [0.1, 0.15) is 20.8 Å². The molecule has 29 heavy (non-hydrogen) atoms. The molecule has 2 aromatic carbocycles. The second-order valence-corrected chi connectivity index (χ2v) is 8.64. The molecule has 8 nitrogen and oxygen atoms in total. The minimum Gasteiger partial charge on any atom is -0.491 e. The van der Waals surface area contributed by atoms with Gasteiger partial charge in [0.25, 0.3) is 0 Å². The van der Waals surface area contributed by atoms with Gasteiger partial charge in [-0.1, -0.05) is 0 Å². The Morgan fingerprint density at radius 2 is 1.48 bits per heavy atom. The fraction of sp³-hybridized carbons (Fsp3) is 0.300. The Labute approximate surface area is 170 Å². The fourth-order valence-electron chi connectivity index (χ4n) is 2.53. The lowest BCUT2D eigenvalue weighted by Crippen LogP contribution is -2.37. The van der Waals surface area contributed by atoms with Gasteiger partial charge in [-0.05, 0) is 62.4 Å². The van der Waals surface area contributed by atoms with E-state index < -0.39 is 15.9 Å². The van der Waals surface area contributed by atoms with Crippen molar-refractivity contribution in [3.63, 3.8) is 0 Å². The van der Waals surface area contributed by atoms with Gasteiger partial charge >= 0.3 is 0 Å². The van der Waals surface area contributed by atoms with Gasteiger partial charge in [-0.25, -0.2) is 8.42 Å². The molecule has 2 N–H and O–H groups in total. The van der Waals surface area contributed by atoms with Crippen LogP contribution >= 0.6 is 0 Å². The normalized spacial score (nSPS) is 11.1. The monoisotopic (exact) mass is 419 g/mol. The largest absolute Gasteiger partial charge is 0.491 e. The molecule has 0 aliphatic heterocycles. The average molecular weight is 420 g/mol. The number of amides is 2. The summed E-state index contributed by atoms with van der Waals surface area (Å²) in [5.74, 6) is -0.0819. The van der Waals surface area contributed by atoms with Crippen LogP contribution in [0.5, 0.6) is 5.75 Å². The van der Waals surface area contributed by atoms with E-state index in [1.165, 1.54) is 6.92 Å². The predicted molar refractivity (Wildman–Crippen MR) is 114 cm³/mol. The molecule has 2 amide bonds. The van der Waals surface area contributed by atoms with Gasteiger partial charge in [0, 0.05) is 18.3 Å². The van der Waals surface area contributed by atoms with Crippen LogP contribution < -0.4 is 19.7 Å². The van der Waals surface area contributed by atoms with Crippen molar-refractivity contribution in [2.75, 3.05) is 27.7 Å². The Morgan fingerprint density at radius 1 is 0.966 bits per heavy atom. The maximum Gasteiger partial charge on any atom is 0.245 e. The molecule has 0 spiro atoms. The quantitative estimate of drug-likeness (QED) is 0.685. The molecule has 0 aliphatic carbocycles. The summed E-state index contributed by atoms with van der Waals surface area (Å²) in [6.45, 7) is 4.81. The van der Waals surface area contributed by atoms with E-state index in [4.69, 9.17) is 4.74 Å². The summed E-state index contributed by atoms with van der Waals surface area (Å²) in [7, 11) is -3.68. The molecule has 2 rings (SSSR count). The number of carbonyl (C=O) groups excluding carboxylic acids is 2. The van der Waals surface area contributed by atoms with Gasteiger partial charge in [0.1, 0.15) is 12.3 Å². The first-order chi connectivity index (χ1) is 13.5. The fourth-order valence-corrected chi connectivity index (χ4v) is 3.39. The third-order valence-corrected chi connectivity index (χ3v) is 4.81. The van der Waals surface area contributed by atoms with Gasteiger partial charge in [-0.15, -0.1) is 0 Å². The molecule has 0 saturated carbocycles. The van der Waals surface area contributed by atoms with Crippen LogP contribution in [0, 0.1) is 0 Å². The van der Waals surface area contributed by atoms with Crippen molar-refractivity contribution < 1.29 is 22.7 Å². The second-order valence-electron chi connectivity index (χ2n) is 6.74. The summed E-state index contributed by atoms with van der Waals surface area (Å²) >= 11 is 0. The van der Waals surface area contributed by atoms with E-state index in [0.717, 1.165) is 10.6 Å². The van der Waals surface area contributed by atoms with Crippen molar-refractivity contribution in [2.45, 2.75) is 26.9 Å². The molecule has 0 aliphatic rings. The van der Waals surface area contributed by atoms with Gasteiger partial charge in [0.2, 0.25) is 21.8 Å². The topological polar surface area (TPSA) is 105 Å². The first-order valence-corrected chi connectivity index (χ1v) is 10.8. The van der Waals surface area contributed by atoms with E-state index >= 15 is 0 Å². The summed E-state index contributed by atoms with van der Waals surface area (Å²) in [6, 6.07) is 13.0. The van der Waals surface area contributed by atoms with E-state index in [1.807, 2.05) is 13.8 Å². The molecule has 0 aromatic heterocycles. The standard InChI is InChI=1S/C20H25N3O5S/c1-14(2)28-19-11-9-18(10-12-19)23(29(4,26)27)13-20(25)22-17-7-5-16(6-8-17)21-15(3)24/h5-12,14H,13H2,1-4H3,(H,21,24)(H,22,25). The highest BCUT2D eigenvalue weighted by Gasteiger charge is 2.21. The number of rotatable bonds is 8. The Bertz CT molecular complexity index is 955. The van der Waals surface area contributed by atoms with Gasteiger partial charge in [-0.3, -0.25) is 13.9 Å². The van der Waals surface area contributed by atoms with E-state index in [2.05, 4.69) is 10.6 Å². The maximum absolute atomic E-state index is 12.4. The van der Waals surface area contributed by atoms with Crippen molar-refractivity contribution in [1.82, 2.24) is 0 Å². The van der Waals surface area contributed by atoms with Gasteiger partial charge in [0.05, 0.1) is 18.0 Å². The molecular weight excluding hydrogens is 394 g/mol. The summed E-state index contributed by atoms with van der Waals surface area (Å²) in [4.78, 5) is 23.5. The van der Waals surface area contributed by atoms with Crippen LogP contribution in [0.3, 0.4) is 0 Å². The van der Waals surface area contributed by atoms with E-state index in [9.17, 15) is 18.0 Å². The third-order valence-electron chi connectivity index (χ3n) is 3.67. The summed E-state index contributed by atoms with van der Waals surface area (Å²) < 4.78 is 31.0. The zero-order valence-corrected chi connectivity index (χ0v) is 17.6. The number of anilines is 3. The van der Waals surface area contributed by atoms with Crippen molar-refractivity contribution in [3.8, 4) is 5.75 Å². The zero-order chi connectivity index (χ0) is 21.6. The Kier molecular flexibility index (Phi) is 7.22. The second kappa shape index (κ2) is 9.42. The smallest absolute Gasteiger partial charge is 0.245 e. The van der Waals surface area contributed by atoms with Crippen molar-refractivity contribution in [1.29, 1.82) is 0 Å².